The first-order chi connectivity index (χ1) is 14.9. The number of hydrogen-bond acceptors (Lipinski definition) is 7. The number of hydrogen-bond donors (Lipinski definition) is 2. The molecule has 9 heteroatoms. The molecule has 0 fully saturated rings. The molecule has 0 saturated heterocycles. The summed E-state index contributed by atoms with van der Waals surface area (Å²) in [6.07, 6.45) is 2.64. The van der Waals surface area contributed by atoms with Gasteiger partial charge in [0.1, 0.15) is 18.2 Å². The third kappa shape index (κ3) is 4.66. The number of amides is 2. The highest BCUT2D eigenvalue weighted by Crippen LogP contribution is 2.39. The molecule has 1 aliphatic heterocycles. The number of ether oxygens (including phenoxy) is 3. The molecule has 2 amide bonds. The molecule has 1 aromatic heterocycles. The van der Waals surface area contributed by atoms with E-state index in [4.69, 9.17) is 14.2 Å². The number of rotatable bonds is 5. The van der Waals surface area contributed by atoms with Gasteiger partial charge < -0.3 is 24.8 Å². The van der Waals surface area contributed by atoms with Crippen LogP contribution in [0.1, 0.15) is 47.5 Å². The van der Waals surface area contributed by atoms with Crippen molar-refractivity contribution in [3.63, 3.8) is 0 Å². The monoisotopic (exact) mass is 444 g/mol. The second-order valence-corrected chi connectivity index (χ2v) is 8.60. The van der Waals surface area contributed by atoms with Crippen molar-refractivity contribution in [1.82, 2.24) is 0 Å². The number of esters is 1. The number of carbonyl (C=O) groups excluding carboxylic acids is 3. The van der Waals surface area contributed by atoms with Crippen LogP contribution in [0.25, 0.3) is 0 Å². The highest BCUT2D eigenvalue weighted by Gasteiger charge is 2.29. The van der Waals surface area contributed by atoms with Crippen molar-refractivity contribution in [3.8, 4) is 11.5 Å². The van der Waals surface area contributed by atoms with Gasteiger partial charge in [-0.3, -0.25) is 9.59 Å². The third-order valence-electron chi connectivity index (χ3n) is 5.13. The van der Waals surface area contributed by atoms with E-state index in [-0.39, 0.29) is 5.91 Å². The normalized spacial score (nSPS) is 15.4. The number of anilines is 2. The van der Waals surface area contributed by atoms with E-state index in [0.29, 0.717) is 41.0 Å². The number of thiophene rings is 1. The van der Waals surface area contributed by atoms with E-state index >= 15 is 0 Å². The zero-order valence-corrected chi connectivity index (χ0v) is 18.2. The Morgan fingerprint density at radius 3 is 2.58 bits per heavy atom. The second kappa shape index (κ2) is 8.97. The quantitative estimate of drug-likeness (QED) is 0.684. The summed E-state index contributed by atoms with van der Waals surface area (Å²) >= 11 is 1.41. The Labute approximate surface area is 183 Å². The fourth-order valence-electron chi connectivity index (χ4n) is 3.67. The zero-order valence-electron chi connectivity index (χ0n) is 17.4. The van der Waals surface area contributed by atoms with Gasteiger partial charge in [0.2, 0.25) is 5.91 Å². The summed E-state index contributed by atoms with van der Waals surface area (Å²) < 4.78 is 16.5. The zero-order chi connectivity index (χ0) is 22.0. The molecule has 0 spiro atoms. The number of fused-ring (bicyclic) bond motifs is 2. The first-order valence-electron chi connectivity index (χ1n) is 10.3. The van der Waals surface area contributed by atoms with Crippen molar-refractivity contribution in [2.24, 2.45) is 0 Å². The molecule has 4 rings (SSSR count). The van der Waals surface area contributed by atoms with E-state index < -0.39 is 18.0 Å². The Morgan fingerprint density at radius 2 is 1.81 bits per heavy atom. The lowest BCUT2D eigenvalue weighted by molar-refractivity contribution is -0.123. The average molecular weight is 445 g/mol. The Kier molecular flexibility index (Phi) is 6.13. The average Bonchev–Trinajstić information content (AvgIpc) is 3.10. The topological polar surface area (TPSA) is 103 Å². The van der Waals surface area contributed by atoms with E-state index in [0.717, 1.165) is 36.1 Å². The van der Waals surface area contributed by atoms with Gasteiger partial charge in [-0.15, -0.1) is 11.3 Å². The van der Waals surface area contributed by atoms with Crippen molar-refractivity contribution in [2.75, 3.05) is 23.8 Å². The molecule has 0 saturated carbocycles. The highest BCUT2D eigenvalue weighted by atomic mass is 32.1. The number of aryl methyl sites for hydroxylation is 1. The fourth-order valence-corrected chi connectivity index (χ4v) is 4.99. The predicted molar refractivity (Wildman–Crippen MR) is 116 cm³/mol. The van der Waals surface area contributed by atoms with Crippen molar-refractivity contribution in [2.45, 2.75) is 45.6 Å². The van der Waals surface area contributed by atoms with Crippen LogP contribution in [0.4, 0.5) is 10.7 Å². The van der Waals surface area contributed by atoms with Crippen LogP contribution in [0, 0.1) is 0 Å². The SMILES string of the molecule is CC(=O)Nc1sc2c(c1C(=O)O[C@@H](C)C(=O)Nc1ccc3c(c1)OCCO3)CCCC2. The van der Waals surface area contributed by atoms with Gasteiger partial charge in [0.25, 0.3) is 5.91 Å². The summed E-state index contributed by atoms with van der Waals surface area (Å²) in [6.45, 7) is 3.85. The molecule has 164 valence electrons. The minimum atomic E-state index is -1.02. The lowest BCUT2D eigenvalue weighted by Crippen LogP contribution is -2.30. The molecule has 2 heterocycles. The number of carbonyl (C=O) groups is 3. The summed E-state index contributed by atoms with van der Waals surface area (Å²) in [6, 6.07) is 5.09. The fraction of sp³-hybridized carbons (Fsp3) is 0.409. The van der Waals surface area contributed by atoms with Crippen LogP contribution in [0.15, 0.2) is 18.2 Å². The Balaban J connectivity index is 1.46. The van der Waals surface area contributed by atoms with Crippen LogP contribution in [0.3, 0.4) is 0 Å². The number of benzene rings is 1. The molecule has 0 unspecified atom stereocenters. The summed E-state index contributed by atoms with van der Waals surface area (Å²) in [5.74, 6) is -0.143. The van der Waals surface area contributed by atoms with Gasteiger partial charge in [0.15, 0.2) is 17.6 Å². The van der Waals surface area contributed by atoms with Gasteiger partial charge in [-0.05, 0) is 50.3 Å². The van der Waals surface area contributed by atoms with Crippen molar-refractivity contribution in [1.29, 1.82) is 0 Å². The second-order valence-electron chi connectivity index (χ2n) is 7.49. The molecule has 2 aromatic rings. The highest BCUT2D eigenvalue weighted by molar-refractivity contribution is 7.17. The van der Waals surface area contributed by atoms with E-state index in [1.807, 2.05) is 0 Å². The van der Waals surface area contributed by atoms with Gasteiger partial charge in [0, 0.05) is 23.6 Å². The number of nitrogens with one attached hydrogen (secondary N) is 2. The third-order valence-corrected chi connectivity index (χ3v) is 6.33. The van der Waals surface area contributed by atoms with Gasteiger partial charge in [-0.1, -0.05) is 0 Å². The molecular weight excluding hydrogens is 420 g/mol. The summed E-state index contributed by atoms with van der Waals surface area (Å²) in [7, 11) is 0. The minimum absolute atomic E-state index is 0.253. The summed E-state index contributed by atoms with van der Waals surface area (Å²) in [5.41, 5.74) is 1.81. The van der Waals surface area contributed by atoms with Crippen molar-refractivity contribution < 1.29 is 28.6 Å². The molecule has 8 nitrogen and oxygen atoms in total. The molecular formula is C22H24N2O6S. The molecule has 31 heavy (non-hydrogen) atoms. The van der Waals surface area contributed by atoms with Gasteiger partial charge in [-0.25, -0.2) is 4.79 Å². The first-order valence-corrected chi connectivity index (χ1v) is 11.1. The van der Waals surface area contributed by atoms with Crippen LogP contribution in [0.5, 0.6) is 11.5 Å². The smallest absolute Gasteiger partial charge is 0.342 e. The summed E-state index contributed by atoms with van der Waals surface area (Å²) in [5, 5.41) is 5.96. The molecule has 2 aliphatic rings. The van der Waals surface area contributed by atoms with Crippen LogP contribution in [0.2, 0.25) is 0 Å². The lowest BCUT2D eigenvalue weighted by Gasteiger charge is -2.20. The molecule has 1 aliphatic carbocycles. The Morgan fingerprint density at radius 1 is 1.06 bits per heavy atom. The molecule has 1 atom stereocenters. The van der Waals surface area contributed by atoms with E-state index in [9.17, 15) is 14.4 Å². The molecule has 0 bridgehead atoms. The Hall–Kier alpha value is -3.07. The maximum atomic E-state index is 13.0. The maximum Gasteiger partial charge on any atom is 0.342 e. The predicted octanol–water partition coefficient (Wildman–Crippen LogP) is 3.54. The van der Waals surface area contributed by atoms with Gasteiger partial charge >= 0.3 is 5.97 Å². The first kappa shape index (κ1) is 21.2. The molecule has 2 N–H and O–H groups in total. The maximum absolute atomic E-state index is 13.0. The van der Waals surface area contributed by atoms with Gasteiger partial charge in [0.05, 0.1) is 5.56 Å². The molecule has 1 aromatic carbocycles. The minimum Gasteiger partial charge on any atom is -0.486 e. The van der Waals surface area contributed by atoms with Crippen molar-refractivity contribution >= 4 is 39.8 Å². The lowest BCUT2D eigenvalue weighted by atomic mass is 9.95. The van der Waals surface area contributed by atoms with Crippen LogP contribution < -0.4 is 20.1 Å². The largest absolute Gasteiger partial charge is 0.486 e. The van der Waals surface area contributed by atoms with Crippen molar-refractivity contribution in [3.05, 3.63) is 34.2 Å². The van der Waals surface area contributed by atoms with E-state index in [2.05, 4.69) is 10.6 Å². The van der Waals surface area contributed by atoms with Crippen LogP contribution >= 0.6 is 11.3 Å². The van der Waals surface area contributed by atoms with Crippen LogP contribution in [-0.2, 0) is 27.2 Å². The van der Waals surface area contributed by atoms with Gasteiger partial charge in [-0.2, -0.15) is 0 Å². The molecule has 0 radical (unpaired) electrons. The standard InChI is InChI=1S/C22H24N2O6S/c1-12(20(26)24-14-7-8-16-17(11-14)29-10-9-28-16)30-22(27)19-15-5-3-4-6-18(15)31-21(19)23-13(2)25/h7-8,11-12H,3-6,9-10H2,1-2H3,(H,23,25)(H,24,26)/t12-/m0/s1. The van der Waals surface area contributed by atoms with E-state index in [1.165, 1.54) is 25.2 Å². The summed E-state index contributed by atoms with van der Waals surface area (Å²) in [4.78, 5) is 38.3. The Bertz CT molecular complexity index is 1030. The van der Waals surface area contributed by atoms with E-state index in [1.54, 1.807) is 18.2 Å². The van der Waals surface area contributed by atoms with Crippen LogP contribution in [-0.4, -0.2) is 37.1 Å².